The van der Waals surface area contributed by atoms with Crippen molar-refractivity contribution in [3.05, 3.63) is 65.2 Å². The topological polar surface area (TPSA) is 66.7 Å². The lowest BCUT2D eigenvalue weighted by atomic mass is 9.85. The summed E-state index contributed by atoms with van der Waals surface area (Å²) in [6.07, 6.45) is 4.65. The van der Waals surface area contributed by atoms with E-state index < -0.39 is 9.84 Å². The molecule has 1 aliphatic carbocycles. The number of benzene rings is 2. The number of nitrogens with zero attached hydrogens (tertiary/aromatic N) is 1. The van der Waals surface area contributed by atoms with E-state index in [-0.39, 0.29) is 0 Å². The number of rotatable bonds is 2. The summed E-state index contributed by atoms with van der Waals surface area (Å²) in [5, 5.41) is 12.7. The van der Waals surface area contributed by atoms with Gasteiger partial charge in [-0.2, -0.15) is 0 Å². The fourth-order valence-corrected chi connectivity index (χ4v) is 3.42. The summed E-state index contributed by atoms with van der Waals surface area (Å²) < 4.78 is 23.1. The van der Waals surface area contributed by atoms with Crippen LogP contribution in [0.15, 0.2) is 58.6 Å². The van der Waals surface area contributed by atoms with Crippen molar-refractivity contribution < 1.29 is 13.6 Å². The quantitative estimate of drug-likeness (QED) is 0.679. The van der Waals surface area contributed by atoms with Crippen LogP contribution >= 0.6 is 0 Å². The van der Waals surface area contributed by atoms with E-state index in [1.165, 1.54) is 11.8 Å². The highest BCUT2D eigenvalue weighted by Gasteiger charge is 2.20. The van der Waals surface area contributed by atoms with Gasteiger partial charge in [0.15, 0.2) is 9.84 Å². The van der Waals surface area contributed by atoms with Crippen LogP contribution < -0.4 is 0 Å². The monoisotopic (exact) mass is 327 g/mol. The summed E-state index contributed by atoms with van der Waals surface area (Å²) in [4.78, 5) is 0.291. The van der Waals surface area contributed by atoms with Crippen molar-refractivity contribution in [1.82, 2.24) is 0 Å². The number of hydrogen-bond acceptors (Lipinski definition) is 4. The van der Waals surface area contributed by atoms with E-state index in [2.05, 4.69) is 11.2 Å². The van der Waals surface area contributed by atoms with Gasteiger partial charge in [-0.25, -0.2) is 8.42 Å². The Morgan fingerprint density at radius 3 is 2.39 bits per heavy atom. The van der Waals surface area contributed by atoms with Gasteiger partial charge in [0.05, 0.1) is 10.6 Å². The van der Waals surface area contributed by atoms with E-state index in [1.807, 2.05) is 24.3 Å². The lowest BCUT2D eigenvalue weighted by molar-refractivity contribution is 0.318. The molecule has 0 aliphatic heterocycles. The first-order chi connectivity index (χ1) is 11.0. The Labute approximate surface area is 135 Å². The number of oxime groups is 1. The van der Waals surface area contributed by atoms with E-state index in [1.54, 1.807) is 24.3 Å². The highest BCUT2D eigenvalue weighted by molar-refractivity contribution is 7.90. The summed E-state index contributed by atoms with van der Waals surface area (Å²) in [5.41, 5.74) is 4.67. The molecule has 0 unspecified atom stereocenters. The van der Waals surface area contributed by atoms with Gasteiger partial charge in [-0.1, -0.05) is 41.6 Å². The molecule has 2 aromatic rings. The van der Waals surface area contributed by atoms with Crippen LogP contribution in [0.4, 0.5) is 0 Å². The minimum atomic E-state index is -3.20. The van der Waals surface area contributed by atoms with Crippen LogP contribution in [-0.4, -0.2) is 25.6 Å². The maximum Gasteiger partial charge on any atom is 0.175 e. The van der Waals surface area contributed by atoms with Crippen LogP contribution in [-0.2, 0) is 16.3 Å². The molecule has 0 heterocycles. The van der Waals surface area contributed by atoms with Crippen molar-refractivity contribution in [2.24, 2.45) is 5.16 Å². The third kappa shape index (κ3) is 3.19. The largest absolute Gasteiger partial charge is 0.411 e. The second-order valence-corrected chi connectivity index (χ2v) is 7.62. The predicted octanol–water partition coefficient (Wildman–Crippen LogP) is 3.41. The molecule has 3 rings (SSSR count). The number of allylic oxidation sites excluding steroid dienone is 1. The molecule has 2 aromatic carbocycles. The second-order valence-electron chi connectivity index (χ2n) is 5.60. The number of hydrogen-bond donors (Lipinski definition) is 1. The smallest absolute Gasteiger partial charge is 0.175 e. The summed E-state index contributed by atoms with van der Waals surface area (Å²) in [7, 11) is -3.20. The van der Waals surface area contributed by atoms with Gasteiger partial charge in [0.2, 0.25) is 0 Å². The molecule has 1 N–H and O–H groups in total. The summed E-state index contributed by atoms with van der Waals surface area (Å²) in [6, 6.07) is 14.7. The zero-order valence-electron chi connectivity index (χ0n) is 12.7. The molecule has 4 nitrogen and oxygen atoms in total. The van der Waals surface area contributed by atoms with Gasteiger partial charge in [0, 0.05) is 11.8 Å². The van der Waals surface area contributed by atoms with E-state index in [0.29, 0.717) is 17.0 Å². The average molecular weight is 327 g/mol. The van der Waals surface area contributed by atoms with Crippen LogP contribution in [0.2, 0.25) is 0 Å². The van der Waals surface area contributed by atoms with Gasteiger partial charge < -0.3 is 5.21 Å². The van der Waals surface area contributed by atoms with Gasteiger partial charge in [-0.15, -0.1) is 0 Å². The van der Waals surface area contributed by atoms with E-state index in [9.17, 15) is 13.6 Å². The maximum absolute atomic E-state index is 11.5. The Morgan fingerprint density at radius 1 is 1.04 bits per heavy atom. The summed E-state index contributed by atoms with van der Waals surface area (Å²) >= 11 is 0. The van der Waals surface area contributed by atoms with Crippen molar-refractivity contribution in [2.75, 3.05) is 6.26 Å². The van der Waals surface area contributed by atoms with Crippen LogP contribution in [0, 0.1) is 0 Å². The Morgan fingerprint density at radius 2 is 1.74 bits per heavy atom. The number of fused-ring (bicyclic) bond motifs is 1. The van der Waals surface area contributed by atoms with Gasteiger partial charge in [-0.3, -0.25) is 0 Å². The first-order valence-corrected chi connectivity index (χ1v) is 9.19. The highest BCUT2D eigenvalue weighted by atomic mass is 32.2. The lowest BCUT2D eigenvalue weighted by Gasteiger charge is -2.20. The normalized spacial score (nSPS) is 18.1. The Bertz CT molecular complexity index is 894. The van der Waals surface area contributed by atoms with Crippen molar-refractivity contribution >= 4 is 27.2 Å². The average Bonchev–Trinajstić information content (AvgIpc) is 2.55. The van der Waals surface area contributed by atoms with E-state index in [4.69, 9.17) is 0 Å². The van der Waals surface area contributed by atoms with Gasteiger partial charge in [0.1, 0.15) is 0 Å². The molecule has 23 heavy (non-hydrogen) atoms. The second kappa shape index (κ2) is 6.01. The van der Waals surface area contributed by atoms with Gasteiger partial charge in [-0.05, 0) is 47.7 Å². The molecule has 0 spiro atoms. The molecule has 0 radical (unpaired) electrons. The standard InChI is InChI=1S/C18H17NO3S/c1-23(21,22)15-9-6-13(7-10-15)12-17-16-5-3-2-4-14(16)8-11-18(17)19-20/h2-7,9-10,12,20H,8,11H2,1H3/b17-12?,19-18-. The Hall–Kier alpha value is -2.40. The van der Waals surface area contributed by atoms with Crippen LogP contribution in [0.25, 0.3) is 11.6 Å². The van der Waals surface area contributed by atoms with Crippen molar-refractivity contribution in [2.45, 2.75) is 17.7 Å². The molecule has 0 amide bonds. The van der Waals surface area contributed by atoms with Gasteiger partial charge in [0.25, 0.3) is 0 Å². The van der Waals surface area contributed by atoms with Crippen molar-refractivity contribution in [3.8, 4) is 0 Å². The fourth-order valence-electron chi connectivity index (χ4n) is 2.79. The van der Waals surface area contributed by atoms with Crippen LogP contribution in [0.3, 0.4) is 0 Å². The molecule has 5 heteroatoms. The van der Waals surface area contributed by atoms with Crippen LogP contribution in [0.5, 0.6) is 0 Å². The van der Waals surface area contributed by atoms with Crippen molar-refractivity contribution in [1.29, 1.82) is 0 Å². The highest BCUT2D eigenvalue weighted by Crippen LogP contribution is 2.30. The van der Waals surface area contributed by atoms with Gasteiger partial charge >= 0.3 is 0 Å². The first kappa shape index (κ1) is 15.5. The van der Waals surface area contributed by atoms with E-state index in [0.717, 1.165) is 23.1 Å². The molecule has 0 fully saturated rings. The van der Waals surface area contributed by atoms with E-state index >= 15 is 0 Å². The molecule has 0 saturated carbocycles. The molecular formula is C18H17NO3S. The third-order valence-corrected chi connectivity index (χ3v) is 5.12. The predicted molar refractivity (Wildman–Crippen MR) is 91.4 cm³/mol. The minimum Gasteiger partial charge on any atom is -0.411 e. The molecule has 0 saturated heterocycles. The number of sulfone groups is 1. The Kier molecular flexibility index (Phi) is 4.05. The molecule has 1 aliphatic rings. The minimum absolute atomic E-state index is 0.291. The number of aryl methyl sites for hydroxylation is 1. The molecule has 0 atom stereocenters. The lowest BCUT2D eigenvalue weighted by Crippen LogP contribution is -2.12. The zero-order valence-corrected chi connectivity index (χ0v) is 13.5. The molecular weight excluding hydrogens is 310 g/mol. The molecule has 118 valence electrons. The SMILES string of the molecule is CS(=O)(=O)c1ccc(C=C2/C(=N\O)CCc3ccccc32)cc1. The van der Waals surface area contributed by atoms with Crippen LogP contribution in [0.1, 0.15) is 23.1 Å². The first-order valence-electron chi connectivity index (χ1n) is 7.30. The maximum atomic E-state index is 11.5. The Balaban J connectivity index is 2.07. The summed E-state index contributed by atoms with van der Waals surface area (Å²) in [5.74, 6) is 0. The molecule has 0 aromatic heterocycles. The zero-order chi connectivity index (χ0) is 16.4. The third-order valence-electron chi connectivity index (χ3n) is 3.99. The molecule has 0 bridgehead atoms. The fraction of sp³-hybridized carbons (Fsp3) is 0.167. The van der Waals surface area contributed by atoms with Crippen molar-refractivity contribution in [3.63, 3.8) is 0 Å². The summed E-state index contributed by atoms with van der Waals surface area (Å²) in [6.45, 7) is 0.